The van der Waals surface area contributed by atoms with Gasteiger partial charge in [0.25, 0.3) is 5.91 Å². The van der Waals surface area contributed by atoms with E-state index in [-0.39, 0.29) is 11.1 Å². The summed E-state index contributed by atoms with van der Waals surface area (Å²) >= 11 is 21.2. The van der Waals surface area contributed by atoms with Crippen LogP contribution in [0.1, 0.15) is 16.1 Å². The third-order valence-electron chi connectivity index (χ3n) is 2.43. The number of benzene rings is 1. The molecule has 2 rings (SSSR count). The van der Waals surface area contributed by atoms with E-state index in [0.717, 1.165) is 4.47 Å². The molecule has 1 aromatic carbocycles. The summed E-state index contributed by atoms with van der Waals surface area (Å²) in [4.78, 5) is 16.2. The summed E-state index contributed by atoms with van der Waals surface area (Å²) in [5, 5.41) is 3.60. The van der Waals surface area contributed by atoms with Gasteiger partial charge in [0, 0.05) is 15.7 Å². The van der Waals surface area contributed by atoms with Gasteiger partial charge in [-0.3, -0.25) is 4.79 Å². The van der Waals surface area contributed by atoms with Gasteiger partial charge in [-0.15, -0.1) is 0 Å². The van der Waals surface area contributed by atoms with Crippen LogP contribution in [0.3, 0.4) is 0 Å². The van der Waals surface area contributed by atoms with E-state index in [1.807, 2.05) is 0 Å². The lowest BCUT2D eigenvalue weighted by molar-refractivity contribution is 0.102. The van der Waals surface area contributed by atoms with Crippen LogP contribution in [0.2, 0.25) is 15.2 Å². The van der Waals surface area contributed by atoms with E-state index in [1.54, 1.807) is 25.1 Å². The Balaban J connectivity index is 2.32. The zero-order valence-electron chi connectivity index (χ0n) is 10.2. The van der Waals surface area contributed by atoms with Crippen LogP contribution in [0, 0.1) is 6.92 Å². The number of nitrogens with zero attached hydrogens (tertiary/aromatic N) is 1. The number of hydrogen-bond donors (Lipinski definition) is 1. The van der Waals surface area contributed by atoms with Crippen LogP contribution >= 0.6 is 50.7 Å². The van der Waals surface area contributed by atoms with Gasteiger partial charge >= 0.3 is 0 Å². The first kappa shape index (κ1) is 15.6. The normalized spacial score (nSPS) is 10.4. The zero-order valence-corrected chi connectivity index (χ0v) is 14.0. The van der Waals surface area contributed by atoms with Crippen LogP contribution in [-0.4, -0.2) is 10.9 Å². The van der Waals surface area contributed by atoms with Crippen molar-refractivity contribution in [1.29, 1.82) is 0 Å². The van der Waals surface area contributed by atoms with Crippen molar-refractivity contribution in [1.82, 2.24) is 4.98 Å². The number of anilines is 1. The summed E-state index contributed by atoms with van der Waals surface area (Å²) in [5.74, 6) is -0.358. The second kappa shape index (κ2) is 6.31. The van der Waals surface area contributed by atoms with Crippen molar-refractivity contribution < 1.29 is 4.79 Å². The molecule has 0 saturated heterocycles. The number of nitrogens with one attached hydrogen (secondary N) is 1. The smallest absolute Gasteiger partial charge is 0.255 e. The average molecular weight is 394 g/mol. The monoisotopic (exact) mass is 392 g/mol. The standard InChI is InChI=1S/C13H8BrCl3N2O/c1-6-2-7(3-11(17)18-6)13(20)19-12-9(15)4-8(14)5-10(12)16/h2-5H,1H3,(H,19,20). The van der Waals surface area contributed by atoms with Gasteiger partial charge in [0.05, 0.1) is 15.7 Å². The minimum atomic E-state index is -0.358. The molecule has 0 unspecified atom stereocenters. The second-order valence-corrected chi connectivity index (χ2v) is 6.14. The molecular weight excluding hydrogens is 386 g/mol. The highest BCUT2D eigenvalue weighted by Crippen LogP contribution is 2.34. The largest absolute Gasteiger partial charge is 0.319 e. The maximum atomic E-state index is 12.2. The Labute approximate surface area is 139 Å². The van der Waals surface area contributed by atoms with Crippen molar-refractivity contribution in [3.05, 3.63) is 55.2 Å². The molecule has 1 heterocycles. The number of carbonyl (C=O) groups excluding carboxylic acids is 1. The van der Waals surface area contributed by atoms with Gasteiger partial charge in [-0.25, -0.2) is 4.98 Å². The lowest BCUT2D eigenvalue weighted by Gasteiger charge is -2.10. The minimum Gasteiger partial charge on any atom is -0.319 e. The zero-order chi connectivity index (χ0) is 14.9. The summed E-state index contributed by atoms with van der Waals surface area (Å²) < 4.78 is 0.730. The van der Waals surface area contributed by atoms with E-state index in [1.165, 1.54) is 6.07 Å². The molecule has 1 amide bonds. The quantitative estimate of drug-likeness (QED) is 0.696. The molecule has 3 nitrogen and oxygen atoms in total. The van der Waals surface area contributed by atoms with Crippen molar-refractivity contribution in [3.63, 3.8) is 0 Å². The number of halogens is 4. The first-order valence-corrected chi connectivity index (χ1v) is 7.39. The summed E-state index contributed by atoms with van der Waals surface area (Å²) in [6.07, 6.45) is 0. The predicted molar refractivity (Wildman–Crippen MR) is 86.1 cm³/mol. The Morgan fingerprint density at radius 2 is 1.75 bits per heavy atom. The van der Waals surface area contributed by atoms with Crippen LogP contribution in [0.4, 0.5) is 5.69 Å². The van der Waals surface area contributed by atoms with Crippen LogP contribution in [-0.2, 0) is 0 Å². The molecule has 0 aliphatic heterocycles. The lowest BCUT2D eigenvalue weighted by atomic mass is 10.2. The fourth-order valence-corrected chi connectivity index (χ4v) is 3.16. The molecule has 0 spiro atoms. The van der Waals surface area contributed by atoms with Gasteiger partial charge in [0.2, 0.25) is 0 Å². The number of rotatable bonds is 2. The molecule has 0 saturated carbocycles. The van der Waals surface area contributed by atoms with E-state index in [4.69, 9.17) is 34.8 Å². The fraction of sp³-hybridized carbons (Fsp3) is 0.0769. The Bertz CT molecular complexity index is 648. The molecule has 0 aliphatic rings. The maximum Gasteiger partial charge on any atom is 0.255 e. The molecule has 0 fully saturated rings. The van der Waals surface area contributed by atoms with Crippen molar-refractivity contribution in [3.8, 4) is 0 Å². The van der Waals surface area contributed by atoms with Gasteiger partial charge in [0.15, 0.2) is 0 Å². The molecule has 7 heteroatoms. The highest BCUT2D eigenvalue weighted by Gasteiger charge is 2.13. The molecule has 0 radical (unpaired) electrons. The van der Waals surface area contributed by atoms with Gasteiger partial charge in [-0.05, 0) is 31.2 Å². The van der Waals surface area contributed by atoms with Crippen molar-refractivity contribution in [2.75, 3.05) is 5.32 Å². The fourth-order valence-electron chi connectivity index (χ4n) is 1.61. The molecule has 2 aromatic rings. The Morgan fingerprint density at radius 1 is 1.15 bits per heavy atom. The molecule has 0 aliphatic carbocycles. The van der Waals surface area contributed by atoms with Crippen LogP contribution in [0.5, 0.6) is 0 Å². The highest BCUT2D eigenvalue weighted by atomic mass is 79.9. The van der Waals surface area contributed by atoms with Gasteiger partial charge in [-0.2, -0.15) is 0 Å². The van der Waals surface area contributed by atoms with E-state index >= 15 is 0 Å². The van der Waals surface area contributed by atoms with Gasteiger partial charge in [0.1, 0.15) is 5.15 Å². The summed E-state index contributed by atoms with van der Waals surface area (Å²) in [6, 6.07) is 6.40. The Morgan fingerprint density at radius 3 is 2.30 bits per heavy atom. The first-order chi connectivity index (χ1) is 9.36. The van der Waals surface area contributed by atoms with E-state index < -0.39 is 0 Å². The maximum absolute atomic E-state index is 12.2. The molecular formula is C13H8BrCl3N2O. The lowest BCUT2D eigenvalue weighted by Crippen LogP contribution is -2.13. The molecule has 104 valence electrons. The van der Waals surface area contributed by atoms with Gasteiger partial charge < -0.3 is 5.32 Å². The second-order valence-electron chi connectivity index (χ2n) is 4.02. The summed E-state index contributed by atoms with van der Waals surface area (Å²) in [7, 11) is 0. The minimum absolute atomic E-state index is 0.253. The molecule has 1 aromatic heterocycles. The summed E-state index contributed by atoms with van der Waals surface area (Å²) in [5.41, 5.74) is 1.39. The van der Waals surface area contributed by atoms with E-state index in [9.17, 15) is 4.79 Å². The molecule has 20 heavy (non-hydrogen) atoms. The molecule has 1 N–H and O–H groups in total. The third kappa shape index (κ3) is 3.64. The van der Waals surface area contributed by atoms with Crippen LogP contribution in [0.15, 0.2) is 28.7 Å². The first-order valence-electron chi connectivity index (χ1n) is 5.47. The van der Waals surface area contributed by atoms with Crippen LogP contribution < -0.4 is 5.32 Å². The number of aryl methyl sites for hydroxylation is 1. The SMILES string of the molecule is Cc1cc(C(=O)Nc2c(Cl)cc(Br)cc2Cl)cc(Cl)n1. The average Bonchev–Trinajstić information content (AvgIpc) is 2.32. The summed E-state index contributed by atoms with van der Waals surface area (Å²) in [6.45, 7) is 1.75. The van der Waals surface area contributed by atoms with Crippen molar-refractivity contribution in [2.24, 2.45) is 0 Å². The van der Waals surface area contributed by atoms with E-state index in [2.05, 4.69) is 26.2 Å². The topological polar surface area (TPSA) is 42.0 Å². The van der Waals surface area contributed by atoms with Crippen molar-refractivity contribution in [2.45, 2.75) is 6.92 Å². The Hall–Kier alpha value is -0.810. The number of carbonyl (C=O) groups is 1. The van der Waals surface area contributed by atoms with E-state index in [0.29, 0.717) is 27.0 Å². The number of amides is 1. The Kier molecular flexibility index (Phi) is 4.91. The van der Waals surface area contributed by atoms with Crippen LogP contribution in [0.25, 0.3) is 0 Å². The van der Waals surface area contributed by atoms with Crippen molar-refractivity contribution >= 4 is 62.3 Å². The molecule has 0 bridgehead atoms. The predicted octanol–water partition coefficient (Wildman–Crippen LogP) is 5.37. The third-order valence-corrected chi connectivity index (χ3v) is 3.68. The van der Waals surface area contributed by atoms with Gasteiger partial charge in [-0.1, -0.05) is 50.7 Å². The number of hydrogen-bond acceptors (Lipinski definition) is 2. The highest BCUT2D eigenvalue weighted by molar-refractivity contribution is 9.10. The molecule has 0 atom stereocenters. The number of pyridine rings is 1. The number of aromatic nitrogens is 1.